The van der Waals surface area contributed by atoms with Crippen molar-refractivity contribution >= 4 is 11.7 Å². The van der Waals surface area contributed by atoms with Gasteiger partial charge in [0.05, 0.1) is 10.8 Å². The Morgan fingerprint density at radius 2 is 1.97 bits per heavy atom. The van der Waals surface area contributed by atoms with Crippen molar-refractivity contribution in [2.45, 2.75) is 5.92 Å². The van der Waals surface area contributed by atoms with Gasteiger partial charge in [-0.2, -0.15) is 5.26 Å². The predicted molar refractivity (Wildman–Crippen MR) is 126 cm³/mol. The van der Waals surface area contributed by atoms with Gasteiger partial charge in [0.1, 0.15) is 41.1 Å². The Hall–Kier alpha value is -5.10. The zero-order chi connectivity index (χ0) is 24.9. The Balaban J connectivity index is 1.69. The fraction of sp³-hybridized carbons (Fsp3) is 0.0769. The molecule has 3 aromatic rings. The first-order chi connectivity index (χ1) is 16.9. The molecule has 0 aliphatic carbocycles. The molecule has 1 aliphatic heterocycles. The van der Waals surface area contributed by atoms with Gasteiger partial charge < -0.3 is 19.9 Å². The highest BCUT2D eigenvalue weighted by atomic mass is 16.6. The predicted octanol–water partition coefficient (Wildman–Crippen LogP) is 4.60. The van der Waals surface area contributed by atoms with E-state index < -0.39 is 16.8 Å². The largest absolute Gasteiger partial charge is 0.490 e. The number of carbonyl (C=O) groups excluding carboxylic acids is 1. The molecule has 1 unspecified atom stereocenters. The monoisotopic (exact) mass is 469 g/mol. The average Bonchev–Trinajstić information content (AvgIpc) is 2.86. The summed E-state index contributed by atoms with van der Waals surface area (Å²) in [7, 11) is 0. The number of nitro benzene ring substituents is 1. The normalized spacial score (nSPS) is 14.2. The molecule has 0 saturated carbocycles. The highest BCUT2D eigenvalue weighted by molar-refractivity contribution is 5.95. The molecule has 1 atom stereocenters. The zero-order valence-corrected chi connectivity index (χ0v) is 18.3. The van der Waals surface area contributed by atoms with E-state index in [1.54, 1.807) is 30.3 Å². The van der Waals surface area contributed by atoms with Gasteiger partial charge in [0.15, 0.2) is 0 Å². The minimum Gasteiger partial charge on any atom is -0.490 e. The molecular weight excluding hydrogens is 450 g/mol. The van der Waals surface area contributed by atoms with Gasteiger partial charge in [0.2, 0.25) is 5.88 Å². The number of hydrogen-bond acceptors (Lipinski definition) is 8. The highest BCUT2D eigenvalue weighted by Crippen LogP contribution is 2.44. The number of ether oxygens (including phenoxy) is 3. The van der Waals surface area contributed by atoms with Crippen LogP contribution in [0.1, 0.15) is 27.4 Å². The molecule has 0 aromatic heterocycles. The maximum atomic E-state index is 12.6. The third-order valence-corrected chi connectivity index (χ3v) is 5.28. The first kappa shape index (κ1) is 23.1. The molecule has 174 valence electrons. The van der Waals surface area contributed by atoms with E-state index in [0.717, 1.165) is 5.56 Å². The summed E-state index contributed by atoms with van der Waals surface area (Å²) >= 11 is 0. The number of nitriles is 1. The lowest BCUT2D eigenvalue weighted by molar-refractivity contribution is -0.385. The molecule has 3 aromatic carbocycles. The number of hydrogen-bond donors (Lipinski definition) is 1. The Kier molecular flexibility index (Phi) is 6.46. The molecule has 9 heteroatoms. The first-order valence-electron chi connectivity index (χ1n) is 10.4. The number of para-hydroxylation sites is 1. The molecule has 0 radical (unpaired) electrons. The molecule has 2 N–H and O–H groups in total. The van der Waals surface area contributed by atoms with E-state index in [-0.39, 0.29) is 34.2 Å². The van der Waals surface area contributed by atoms with Crippen LogP contribution in [-0.2, 0) is 0 Å². The number of carbonyl (C=O) groups is 1. The smallest absolute Gasteiger partial charge is 0.350 e. The number of allylic oxidation sites excluding steroid dienone is 1. The van der Waals surface area contributed by atoms with Crippen LogP contribution in [0.4, 0.5) is 5.69 Å². The number of nitro groups is 1. The quantitative estimate of drug-likeness (QED) is 0.174. The number of esters is 1. The molecule has 0 saturated heterocycles. The second kappa shape index (κ2) is 9.80. The van der Waals surface area contributed by atoms with Crippen molar-refractivity contribution in [1.82, 2.24) is 0 Å². The Bertz CT molecular complexity index is 1410. The van der Waals surface area contributed by atoms with Gasteiger partial charge in [-0.15, -0.1) is 0 Å². The molecule has 0 spiro atoms. The Morgan fingerprint density at radius 1 is 1.17 bits per heavy atom. The van der Waals surface area contributed by atoms with Crippen LogP contribution in [0, 0.1) is 21.4 Å². The third-order valence-electron chi connectivity index (χ3n) is 5.28. The van der Waals surface area contributed by atoms with Crippen LogP contribution < -0.4 is 19.9 Å². The summed E-state index contributed by atoms with van der Waals surface area (Å²) in [4.78, 5) is 23.2. The van der Waals surface area contributed by atoms with E-state index in [1.807, 2.05) is 6.07 Å². The molecule has 1 heterocycles. The van der Waals surface area contributed by atoms with Crippen molar-refractivity contribution in [3.63, 3.8) is 0 Å². The van der Waals surface area contributed by atoms with Crippen LogP contribution in [-0.4, -0.2) is 17.5 Å². The van der Waals surface area contributed by atoms with Gasteiger partial charge >= 0.3 is 5.97 Å². The minimum absolute atomic E-state index is 0.0791. The fourth-order valence-corrected chi connectivity index (χ4v) is 3.75. The maximum Gasteiger partial charge on any atom is 0.350 e. The molecule has 0 amide bonds. The molecule has 9 nitrogen and oxygen atoms in total. The van der Waals surface area contributed by atoms with E-state index in [0.29, 0.717) is 17.9 Å². The molecule has 0 bridgehead atoms. The lowest BCUT2D eigenvalue weighted by Gasteiger charge is -2.27. The summed E-state index contributed by atoms with van der Waals surface area (Å²) in [5, 5.41) is 21.0. The van der Waals surface area contributed by atoms with Gasteiger partial charge in [-0.1, -0.05) is 43.0 Å². The van der Waals surface area contributed by atoms with E-state index >= 15 is 0 Å². The van der Waals surface area contributed by atoms with Crippen LogP contribution >= 0.6 is 0 Å². The summed E-state index contributed by atoms with van der Waals surface area (Å²) in [6.45, 7) is 3.96. The fourth-order valence-electron chi connectivity index (χ4n) is 3.75. The van der Waals surface area contributed by atoms with E-state index in [9.17, 15) is 20.2 Å². The summed E-state index contributed by atoms with van der Waals surface area (Å²) in [6.07, 6.45) is 1.63. The lowest BCUT2D eigenvalue weighted by Crippen LogP contribution is -2.21. The summed E-state index contributed by atoms with van der Waals surface area (Å²) in [5.74, 6) is -0.529. The summed E-state index contributed by atoms with van der Waals surface area (Å²) in [6, 6.07) is 19.5. The first-order valence-corrected chi connectivity index (χ1v) is 10.4. The van der Waals surface area contributed by atoms with Crippen molar-refractivity contribution in [3.8, 4) is 23.3 Å². The number of nitrogens with two attached hydrogens (primary N) is 1. The van der Waals surface area contributed by atoms with E-state index in [4.69, 9.17) is 19.9 Å². The van der Waals surface area contributed by atoms with Crippen molar-refractivity contribution in [1.29, 1.82) is 5.26 Å². The average molecular weight is 469 g/mol. The van der Waals surface area contributed by atoms with Crippen LogP contribution in [0.5, 0.6) is 17.2 Å². The van der Waals surface area contributed by atoms with Crippen molar-refractivity contribution in [2.75, 3.05) is 6.61 Å². The number of nitrogens with zero attached hydrogens (tertiary/aromatic N) is 2. The summed E-state index contributed by atoms with van der Waals surface area (Å²) in [5.41, 5.74) is 7.11. The van der Waals surface area contributed by atoms with Gasteiger partial charge in [-0.05, 0) is 29.8 Å². The van der Waals surface area contributed by atoms with E-state index in [2.05, 4.69) is 12.6 Å². The van der Waals surface area contributed by atoms with Crippen molar-refractivity contribution < 1.29 is 23.9 Å². The standard InChI is InChI=1S/C26H19N3O6/c1-2-12-33-17-7-5-6-16(13-17)24-20-11-10-18(14-23(20)35-25(28)21(24)15-27)34-26(30)19-8-3-4-9-22(19)29(31)32/h2-11,13-14,24H,1,12,28H2. The maximum absolute atomic E-state index is 12.6. The number of benzene rings is 3. The van der Waals surface area contributed by atoms with Crippen molar-refractivity contribution in [2.24, 2.45) is 5.73 Å². The third kappa shape index (κ3) is 4.67. The highest BCUT2D eigenvalue weighted by Gasteiger charge is 2.31. The molecule has 1 aliphatic rings. The Labute approximate surface area is 200 Å². The number of fused-ring (bicyclic) bond motifs is 1. The molecule has 0 fully saturated rings. The van der Waals surface area contributed by atoms with Crippen LogP contribution in [0.3, 0.4) is 0 Å². The second-order valence-electron chi connectivity index (χ2n) is 7.46. The molecular formula is C26H19N3O6. The minimum atomic E-state index is -0.891. The Morgan fingerprint density at radius 3 is 2.71 bits per heavy atom. The molecule has 4 rings (SSSR count). The van der Waals surface area contributed by atoms with Gasteiger partial charge in [0, 0.05) is 17.7 Å². The zero-order valence-electron chi connectivity index (χ0n) is 18.3. The van der Waals surface area contributed by atoms with E-state index in [1.165, 1.54) is 36.4 Å². The van der Waals surface area contributed by atoms with Gasteiger partial charge in [-0.3, -0.25) is 10.1 Å². The molecule has 35 heavy (non-hydrogen) atoms. The van der Waals surface area contributed by atoms with Gasteiger partial charge in [0.25, 0.3) is 5.69 Å². The SMILES string of the molecule is C=CCOc1cccc(C2C(C#N)=C(N)Oc3cc(OC(=O)c4ccccc4[N+](=O)[O-])ccc32)c1. The topological polar surface area (TPSA) is 138 Å². The summed E-state index contributed by atoms with van der Waals surface area (Å²) < 4.78 is 16.7. The van der Waals surface area contributed by atoms with Crippen LogP contribution in [0.2, 0.25) is 0 Å². The number of rotatable bonds is 7. The second-order valence-corrected chi connectivity index (χ2v) is 7.46. The lowest BCUT2D eigenvalue weighted by atomic mass is 9.83. The van der Waals surface area contributed by atoms with Gasteiger partial charge in [-0.25, -0.2) is 4.79 Å². The van der Waals surface area contributed by atoms with Crippen molar-refractivity contribution in [3.05, 3.63) is 118 Å². The van der Waals surface area contributed by atoms with Crippen LogP contribution in [0.25, 0.3) is 0 Å². The van der Waals surface area contributed by atoms with Crippen LogP contribution in [0.15, 0.2) is 90.8 Å².